The lowest BCUT2D eigenvalue weighted by molar-refractivity contribution is 0.256. The summed E-state index contributed by atoms with van der Waals surface area (Å²) in [4.78, 5) is 18.4. The van der Waals surface area contributed by atoms with E-state index in [1.54, 1.807) is 12.1 Å². The molecule has 1 heterocycles. The Balaban J connectivity index is 2.19. The molecule has 2 amide bonds. The number of hydrogen-bond donors (Lipinski definition) is 2. The van der Waals surface area contributed by atoms with E-state index >= 15 is 0 Å². The zero-order chi connectivity index (χ0) is 19.6. The standard InChI is InChI=1S/C22H23N3O2/c1-14-7-9-17(10-8-14)20-18(13-26)11-12-19(24-20)25(22(23)27)21-15(2)5-4-6-16(21)3/h4-12,26H,13H2,1-3H3,(H2,23,27). The maximum Gasteiger partial charge on any atom is 0.325 e. The van der Waals surface area contributed by atoms with Crippen LogP contribution in [0, 0.1) is 20.8 Å². The number of amides is 2. The van der Waals surface area contributed by atoms with Crippen molar-refractivity contribution in [3.63, 3.8) is 0 Å². The lowest BCUT2D eigenvalue weighted by atomic mass is 10.0. The van der Waals surface area contributed by atoms with Gasteiger partial charge >= 0.3 is 6.03 Å². The van der Waals surface area contributed by atoms with Crippen LogP contribution in [-0.2, 0) is 6.61 Å². The first-order valence-electron chi connectivity index (χ1n) is 8.76. The molecule has 0 saturated heterocycles. The Morgan fingerprint density at radius 3 is 2.19 bits per heavy atom. The molecule has 0 aliphatic rings. The quantitative estimate of drug-likeness (QED) is 0.723. The largest absolute Gasteiger partial charge is 0.392 e. The summed E-state index contributed by atoms with van der Waals surface area (Å²) in [7, 11) is 0. The normalized spacial score (nSPS) is 10.7. The fourth-order valence-electron chi connectivity index (χ4n) is 3.19. The third-order valence-electron chi connectivity index (χ3n) is 4.57. The van der Waals surface area contributed by atoms with Crippen molar-refractivity contribution in [2.45, 2.75) is 27.4 Å². The van der Waals surface area contributed by atoms with Crippen molar-refractivity contribution >= 4 is 17.5 Å². The second kappa shape index (κ2) is 7.60. The SMILES string of the molecule is Cc1ccc(-c2nc(N(C(N)=O)c3c(C)cccc3C)ccc2CO)cc1. The van der Waals surface area contributed by atoms with Crippen LogP contribution < -0.4 is 10.6 Å². The topological polar surface area (TPSA) is 79.5 Å². The van der Waals surface area contributed by atoms with Crippen LogP contribution in [0.5, 0.6) is 0 Å². The van der Waals surface area contributed by atoms with Gasteiger partial charge in [-0.2, -0.15) is 0 Å². The first-order valence-corrected chi connectivity index (χ1v) is 8.76. The molecular weight excluding hydrogens is 338 g/mol. The van der Waals surface area contributed by atoms with Gasteiger partial charge in [0.25, 0.3) is 0 Å². The average Bonchev–Trinajstić information content (AvgIpc) is 2.65. The van der Waals surface area contributed by atoms with Gasteiger partial charge < -0.3 is 10.8 Å². The molecule has 0 aliphatic carbocycles. The molecule has 27 heavy (non-hydrogen) atoms. The molecular formula is C22H23N3O2. The van der Waals surface area contributed by atoms with E-state index in [0.717, 1.165) is 27.9 Å². The number of rotatable bonds is 4. The minimum Gasteiger partial charge on any atom is -0.392 e. The van der Waals surface area contributed by atoms with Crippen molar-refractivity contribution in [3.05, 3.63) is 76.9 Å². The molecule has 0 atom stereocenters. The Morgan fingerprint density at radius 1 is 1.00 bits per heavy atom. The molecule has 5 heteroatoms. The van der Waals surface area contributed by atoms with E-state index in [-0.39, 0.29) is 6.61 Å². The van der Waals surface area contributed by atoms with Gasteiger partial charge in [-0.3, -0.25) is 0 Å². The molecule has 0 spiro atoms. The smallest absolute Gasteiger partial charge is 0.325 e. The Morgan fingerprint density at radius 2 is 1.63 bits per heavy atom. The predicted octanol–water partition coefficient (Wildman–Crippen LogP) is 4.38. The molecule has 3 rings (SSSR count). The molecule has 5 nitrogen and oxygen atoms in total. The van der Waals surface area contributed by atoms with Gasteiger partial charge in [-0.25, -0.2) is 14.7 Å². The number of primary amides is 1. The molecule has 0 bridgehead atoms. The number of urea groups is 1. The van der Waals surface area contributed by atoms with E-state index in [1.165, 1.54) is 4.90 Å². The summed E-state index contributed by atoms with van der Waals surface area (Å²) in [5.74, 6) is 0.424. The summed E-state index contributed by atoms with van der Waals surface area (Å²) < 4.78 is 0. The van der Waals surface area contributed by atoms with Crippen molar-refractivity contribution in [2.24, 2.45) is 5.73 Å². The van der Waals surface area contributed by atoms with Gasteiger partial charge in [0.15, 0.2) is 0 Å². The van der Waals surface area contributed by atoms with Crippen LogP contribution in [0.4, 0.5) is 16.3 Å². The number of aliphatic hydroxyl groups excluding tert-OH is 1. The summed E-state index contributed by atoms with van der Waals surface area (Å²) in [6.45, 7) is 5.73. The van der Waals surface area contributed by atoms with Crippen LogP contribution in [0.1, 0.15) is 22.3 Å². The van der Waals surface area contributed by atoms with Crippen molar-refractivity contribution in [1.29, 1.82) is 0 Å². The number of hydrogen-bond acceptors (Lipinski definition) is 3. The lowest BCUT2D eigenvalue weighted by Gasteiger charge is -2.24. The first kappa shape index (κ1) is 18.6. The summed E-state index contributed by atoms with van der Waals surface area (Å²) in [6.07, 6.45) is 0. The molecule has 2 aromatic carbocycles. The van der Waals surface area contributed by atoms with E-state index < -0.39 is 6.03 Å². The van der Waals surface area contributed by atoms with Crippen molar-refractivity contribution in [3.8, 4) is 11.3 Å². The third kappa shape index (κ3) is 3.68. The van der Waals surface area contributed by atoms with E-state index in [1.807, 2.05) is 63.2 Å². The number of anilines is 2. The maximum absolute atomic E-state index is 12.3. The molecule has 0 fully saturated rings. The van der Waals surface area contributed by atoms with Gasteiger partial charge in [0.05, 0.1) is 18.0 Å². The zero-order valence-corrected chi connectivity index (χ0v) is 15.7. The molecule has 0 aliphatic heterocycles. The molecule has 3 N–H and O–H groups in total. The molecule has 3 aromatic rings. The molecule has 0 unspecified atom stereocenters. The fourth-order valence-corrected chi connectivity index (χ4v) is 3.19. The van der Waals surface area contributed by atoms with Gasteiger partial charge in [-0.05, 0) is 38.0 Å². The van der Waals surface area contributed by atoms with Crippen LogP contribution in [-0.4, -0.2) is 16.1 Å². The predicted molar refractivity (Wildman–Crippen MR) is 108 cm³/mol. The highest BCUT2D eigenvalue weighted by molar-refractivity contribution is 5.99. The zero-order valence-electron chi connectivity index (χ0n) is 15.7. The Bertz CT molecular complexity index is 961. The number of aromatic nitrogens is 1. The minimum absolute atomic E-state index is 0.142. The number of benzene rings is 2. The van der Waals surface area contributed by atoms with Crippen molar-refractivity contribution < 1.29 is 9.90 Å². The Kier molecular flexibility index (Phi) is 5.23. The molecule has 1 aromatic heterocycles. The summed E-state index contributed by atoms with van der Waals surface area (Å²) in [6, 6.07) is 16.6. The number of carbonyl (C=O) groups excluding carboxylic acids is 1. The molecule has 0 saturated carbocycles. The second-order valence-electron chi connectivity index (χ2n) is 6.62. The molecule has 138 valence electrons. The number of aliphatic hydroxyl groups is 1. The highest BCUT2D eigenvalue weighted by atomic mass is 16.3. The van der Waals surface area contributed by atoms with Crippen LogP contribution in [0.3, 0.4) is 0 Å². The number of carbonyl (C=O) groups is 1. The van der Waals surface area contributed by atoms with Gasteiger partial charge in [0, 0.05) is 11.1 Å². The summed E-state index contributed by atoms with van der Waals surface area (Å²) in [5, 5.41) is 9.73. The van der Waals surface area contributed by atoms with Gasteiger partial charge in [0.2, 0.25) is 0 Å². The monoisotopic (exact) mass is 361 g/mol. The Labute approximate surface area is 159 Å². The number of pyridine rings is 1. The van der Waals surface area contributed by atoms with Crippen LogP contribution in [0.25, 0.3) is 11.3 Å². The fraction of sp³-hybridized carbons (Fsp3) is 0.182. The van der Waals surface area contributed by atoms with E-state index in [0.29, 0.717) is 17.1 Å². The average molecular weight is 361 g/mol. The van der Waals surface area contributed by atoms with Crippen molar-refractivity contribution in [1.82, 2.24) is 4.98 Å². The van der Waals surface area contributed by atoms with Gasteiger partial charge in [-0.1, -0.05) is 54.1 Å². The van der Waals surface area contributed by atoms with Crippen LogP contribution in [0.15, 0.2) is 54.6 Å². The van der Waals surface area contributed by atoms with E-state index in [9.17, 15) is 9.90 Å². The van der Waals surface area contributed by atoms with Gasteiger partial charge in [0.1, 0.15) is 5.82 Å². The second-order valence-corrected chi connectivity index (χ2v) is 6.62. The summed E-state index contributed by atoms with van der Waals surface area (Å²) in [5.41, 5.74) is 11.6. The Hall–Kier alpha value is -3.18. The van der Waals surface area contributed by atoms with E-state index in [2.05, 4.69) is 4.98 Å². The highest BCUT2D eigenvalue weighted by Gasteiger charge is 2.21. The number of nitrogens with two attached hydrogens (primary N) is 1. The number of para-hydroxylation sites is 1. The van der Waals surface area contributed by atoms with E-state index in [4.69, 9.17) is 5.73 Å². The van der Waals surface area contributed by atoms with Crippen molar-refractivity contribution in [2.75, 3.05) is 4.90 Å². The van der Waals surface area contributed by atoms with Crippen LogP contribution in [0.2, 0.25) is 0 Å². The first-order chi connectivity index (χ1) is 12.9. The lowest BCUT2D eigenvalue weighted by Crippen LogP contribution is -2.33. The highest BCUT2D eigenvalue weighted by Crippen LogP contribution is 2.33. The van der Waals surface area contributed by atoms with Crippen LogP contribution >= 0.6 is 0 Å². The third-order valence-corrected chi connectivity index (χ3v) is 4.57. The van der Waals surface area contributed by atoms with Gasteiger partial charge in [-0.15, -0.1) is 0 Å². The molecule has 0 radical (unpaired) electrons. The maximum atomic E-state index is 12.3. The minimum atomic E-state index is -0.605. The number of nitrogens with zero attached hydrogens (tertiary/aromatic N) is 2. The number of aryl methyl sites for hydroxylation is 3. The summed E-state index contributed by atoms with van der Waals surface area (Å²) >= 11 is 0.